The van der Waals surface area contributed by atoms with Crippen LogP contribution in [-0.2, 0) is 0 Å². The van der Waals surface area contributed by atoms with Crippen molar-refractivity contribution < 1.29 is 0 Å². The van der Waals surface area contributed by atoms with Gasteiger partial charge in [-0.15, -0.1) is 0 Å². The summed E-state index contributed by atoms with van der Waals surface area (Å²) in [6.45, 7) is 10.8. The third kappa shape index (κ3) is 2.73. The third-order valence-electron chi connectivity index (χ3n) is 4.33. The van der Waals surface area contributed by atoms with Crippen LogP contribution in [-0.4, -0.2) is 36.6 Å². The van der Waals surface area contributed by atoms with Gasteiger partial charge in [0.25, 0.3) is 0 Å². The largest absolute Gasteiger partial charge is 0.314 e. The minimum Gasteiger partial charge on any atom is -0.314 e. The summed E-state index contributed by atoms with van der Waals surface area (Å²) in [5.41, 5.74) is 0.605. The molecule has 1 saturated heterocycles. The molecule has 0 amide bonds. The summed E-state index contributed by atoms with van der Waals surface area (Å²) in [5, 5.41) is 3.48. The Hall–Kier alpha value is -0.0800. The Morgan fingerprint density at radius 2 is 1.87 bits per heavy atom. The zero-order valence-corrected chi connectivity index (χ0v) is 10.6. The molecular formula is C13H26N2. The normalized spacial score (nSPS) is 34.2. The highest BCUT2D eigenvalue weighted by atomic mass is 15.2. The minimum absolute atomic E-state index is 0.605. The molecule has 2 heteroatoms. The highest BCUT2D eigenvalue weighted by Gasteiger charge is 2.32. The summed E-state index contributed by atoms with van der Waals surface area (Å²) in [4.78, 5) is 2.74. The maximum atomic E-state index is 3.48. The summed E-state index contributed by atoms with van der Waals surface area (Å²) in [5.74, 6) is 0. The summed E-state index contributed by atoms with van der Waals surface area (Å²) in [7, 11) is 0. The second-order valence-corrected chi connectivity index (χ2v) is 6.19. The summed E-state index contributed by atoms with van der Waals surface area (Å²) >= 11 is 0. The van der Waals surface area contributed by atoms with Crippen molar-refractivity contribution >= 4 is 0 Å². The molecule has 1 unspecified atom stereocenters. The first-order chi connectivity index (χ1) is 7.08. The van der Waals surface area contributed by atoms with Gasteiger partial charge in [-0.05, 0) is 38.0 Å². The fraction of sp³-hybridized carbons (Fsp3) is 1.00. The van der Waals surface area contributed by atoms with Gasteiger partial charge in [0.15, 0.2) is 0 Å². The van der Waals surface area contributed by atoms with E-state index < -0.39 is 0 Å². The van der Waals surface area contributed by atoms with E-state index in [1.165, 1.54) is 45.3 Å². The fourth-order valence-corrected chi connectivity index (χ4v) is 3.11. The summed E-state index contributed by atoms with van der Waals surface area (Å²) in [6, 6.07) is 1.61. The van der Waals surface area contributed by atoms with Crippen LogP contribution in [0.15, 0.2) is 0 Å². The van der Waals surface area contributed by atoms with Crippen molar-refractivity contribution in [3.8, 4) is 0 Å². The highest BCUT2D eigenvalue weighted by molar-refractivity contribution is 4.88. The Labute approximate surface area is 94.4 Å². The Balaban J connectivity index is 1.89. The number of nitrogens with zero attached hydrogens (tertiary/aromatic N) is 1. The lowest BCUT2D eigenvalue weighted by Crippen LogP contribution is -2.54. The van der Waals surface area contributed by atoms with E-state index in [-0.39, 0.29) is 0 Å². The molecule has 0 radical (unpaired) electrons. The first kappa shape index (κ1) is 11.4. The van der Waals surface area contributed by atoms with Crippen molar-refractivity contribution in [2.24, 2.45) is 5.41 Å². The first-order valence-corrected chi connectivity index (χ1v) is 6.55. The molecule has 0 aromatic carbocycles. The molecule has 1 saturated carbocycles. The molecule has 1 N–H and O–H groups in total. The van der Waals surface area contributed by atoms with E-state index in [4.69, 9.17) is 0 Å². The number of nitrogens with one attached hydrogen (secondary N) is 1. The molecule has 1 aliphatic heterocycles. The molecule has 2 nitrogen and oxygen atoms in total. The molecule has 1 aliphatic carbocycles. The van der Waals surface area contributed by atoms with E-state index in [1.807, 2.05) is 0 Å². The molecule has 15 heavy (non-hydrogen) atoms. The average Bonchev–Trinajstić information content (AvgIpc) is 2.19. The van der Waals surface area contributed by atoms with Gasteiger partial charge >= 0.3 is 0 Å². The van der Waals surface area contributed by atoms with Crippen LogP contribution in [0.5, 0.6) is 0 Å². The van der Waals surface area contributed by atoms with Gasteiger partial charge in [0.1, 0.15) is 0 Å². The lowest BCUT2D eigenvalue weighted by molar-refractivity contribution is 0.0626. The van der Waals surface area contributed by atoms with Gasteiger partial charge in [0.05, 0.1) is 0 Å². The van der Waals surface area contributed by atoms with E-state index in [1.54, 1.807) is 0 Å². The topological polar surface area (TPSA) is 15.3 Å². The van der Waals surface area contributed by atoms with Crippen LogP contribution in [0.25, 0.3) is 0 Å². The van der Waals surface area contributed by atoms with Crippen molar-refractivity contribution in [3.05, 3.63) is 0 Å². The van der Waals surface area contributed by atoms with Crippen LogP contribution in [0.2, 0.25) is 0 Å². The molecule has 2 fully saturated rings. The number of hydrogen-bond acceptors (Lipinski definition) is 2. The monoisotopic (exact) mass is 210 g/mol. The van der Waals surface area contributed by atoms with E-state index in [9.17, 15) is 0 Å². The zero-order chi connectivity index (χ0) is 10.9. The van der Waals surface area contributed by atoms with Gasteiger partial charge in [-0.3, -0.25) is 4.90 Å². The van der Waals surface area contributed by atoms with Crippen LogP contribution < -0.4 is 5.32 Å². The molecule has 0 bridgehead atoms. The lowest BCUT2D eigenvalue weighted by Gasteiger charge is -2.44. The average molecular weight is 210 g/mol. The fourth-order valence-electron chi connectivity index (χ4n) is 3.11. The number of piperazine rings is 1. The van der Waals surface area contributed by atoms with Crippen molar-refractivity contribution in [1.82, 2.24) is 10.2 Å². The molecule has 2 rings (SSSR count). The third-order valence-corrected chi connectivity index (χ3v) is 4.33. The van der Waals surface area contributed by atoms with Crippen molar-refractivity contribution in [2.75, 3.05) is 19.6 Å². The maximum Gasteiger partial charge on any atom is 0.0195 e. The van der Waals surface area contributed by atoms with Crippen LogP contribution >= 0.6 is 0 Å². The van der Waals surface area contributed by atoms with Gasteiger partial charge < -0.3 is 5.32 Å². The van der Waals surface area contributed by atoms with Crippen LogP contribution in [0.4, 0.5) is 0 Å². The number of rotatable bonds is 1. The van der Waals surface area contributed by atoms with Gasteiger partial charge in [-0.25, -0.2) is 0 Å². The van der Waals surface area contributed by atoms with Crippen molar-refractivity contribution in [2.45, 2.75) is 58.5 Å². The van der Waals surface area contributed by atoms with Crippen molar-refractivity contribution in [1.29, 1.82) is 0 Å². The van der Waals surface area contributed by atoms with E-state index in [2.05, 4.69) is 31.0 Å². The standard InChI is InChI=1S/C13H26N2/c1-11-10-14-8-9-15(11)12-4-6-13(2,3)7-5-12/h11-12,14H,4-10H2,1-3H3. The van der Waals surface area contributed by atoms with Gasteiger partial charge in [0.2, 0.25) is 0 Å². The SMILES string of the molecule is CC1CNCCN1C1CCC(C)(C)CC1. The smallest absolute Gasteiger partial charge is 0.0195 e. The Bertz CT molecular complexity index is 203. The van der Waals surface area contributed by atoms with Crippen LogP contribution in [0.3, 0.4) is 0 Å². The summed E-state index contributed by atoms with van der Waals surface area (Å²) < 4.78 is 0. The predicted octanol–water partition coefficient (Wildman–Crippen LogP) is 2.25. The van der Waals surface area contributed by atoms with E-state index in [0.29, 0.717) is 5.41 Å². The molecule has 1 heterocycles. The molecule has 0 aromatic rings. The molecular weight excluding hydrogens is 184 g/mol. The Kier molecular flexibility index (Phi) is 3.36. The molecule has 88 valence electrons. The molecule has 0 spiro atoms. The Morgan fingerprint density at radius 1 is 1.20 bits per heavy atom. The lowest BCUT2D eigenvalue weighted by atomic mass is 9.75. The minimum atomic E-state index is 0.605. The van der Waals surface area contributed by atoms with Crippen LogP contribution in [0, 0.1) is 5.41 Å². The van der Waals surface area contributed by atoms with Crippen molar-refractivity contribution in [3.63, 3.8) is 0 Å². The predicted molar refractivity (Wildman–Crippen MR) is 65.1 cm³/mol. The quantitative estimate of drug-likeness (QED) is 0.714. The Morgan fingerprint density at radius 3 is 2.47 bits per heavy atom. The van der Waals surface area contributed by atoms with Gasteiger partial charge in [-0.2, -0.15) is 0 Å². The summed E-state index contributed by atoms with van der Waals surface area (Å²) in [6.07, 6.45) is 5.65. The van der Waals surface area contributed by atoms with E-state index in [0.717, 1.165) is 12.1 Å². The van der Waals surface area contributed by atoms with E-state index >= 15 is 0 Å². The van der Waals surface area contributed by atoms with Crippen LogP contribution in [0.1, 0.15) is 46.5 Å². The molecule has 1 atom stereocenters. The second-order valence-electron chi connectivity index (χ2n) is 6.19. The molecule has 0 aromatic heterocycles. The maximum absolute atomic E-state index is 3.48. The second kappa shape index (κ2) is 4.42. The molecule has 2 aliphatic rings. The van der Waals surface area contributed by atoms with Gasteiger partial charge in [-0.1, -0.05) is 13.8 Å². The highest BCUT2D eigenvalue weighted by Crippen LogP contribution is 2.37. The zero-order valence-electron chi connectivity index (χ0n) is 10.6. The first-order valence-electron chi connectivity index (χ1n) is 6.55. The van der Waals surface area contributed by atoms with Gasteiger partial charge in [0, 0.05) is 31.7 Å². The number of hydrogen-bond donors (Lipinski definition) is 1.